The molecule has 0 saturated carbocycles. The molecule has 0 bridgehead atoms. The Bertz CT molecular complexity index is 619. The fraction of sp³-hybridized carbons (Fsp3) is 0.333. The van der Waals surface area contributed by atoms with Gasteiger partial charge in [0.2, 0.25) is 0 Å². The zero-order chi connectivity index (χ0) is 15.8. The predicted octanol–water partition coefficient (Wildman–Crippen LogP) is 1.28. The van der Waals surface area contributed by atoms with E-state index in [2.05, 4.69) is 20.3 Å². The number of amides is 1. The molecule has 3 N–H and O–H groups in total. The molecule has 7 heteroatoms. The molecule has 1 amide bonds. The normalized spacial score (nSPS) is 10.4. The van der Waals surface area contributed by atoms with Crippen LogP contribution in [0.3, 0.4) is 0 Å². The lowest BCUT2D eigenvalue weighted by atomic mass is 10.2. The van der Waals surface area contributed by atoms with Crippen molar-refractivity contribution in [2.45, 2.75) is 13.3 Å². The lowest BCUT2D eigenvalue weighted by Crippen LogP contribution is -2.26. The predicted molar refractivity (Wildman–Crippen MR) is 83.1 cm³/mol. The molecule has 0 aliphatic heterocycles. The van der Waals surface area contributed by atoms with Crippen LogP contribution in [-0.4, -0.2) is 40.6 Å². The second kappa shape index (κ2) is 8.04. The van der Waals surface area contributed by atoms with E-state index in [0.29, 0.717) is 25.6 Å². The van der Waals surface area contributed by atoms with Crippen molar-refractivity contribution in [1.82, 2.24) is 20.3 Å². The van der Waals surface area contributed by atoms with Gasteiger partial charge < -0.3 is 15.8 Å². The number of anilines is 1. The topological polar surface area (TPSA) is 103 Å². The van der Waals surface area contributed by atoms with Crippen LogP contribution in [-0.2, 0) is 4.74 Å². The molecule has 0 aliphatic carbocycles. The molecule has 0 spiro atoms. The summed E-state index contributed by atoms with van der Waals surface area (Å²) in [5, 5.41) is 2.77. The van der Waals surface area contributed by atoms with Crippen LogP contribution < -0.4 is 11.1 Å². The smallest absolute Gasteiger partial charge is 0.256 e. The van der Waals surface area contributed by atoms with Crippen molar-refractivity contribution in [3.63, 3.8) is 0 Å². The summed E-state index contributed by atoms with van der Waals surface area (Å²) < 4.78 is 5.20. The van der Waals surface area contributed by atoms with Gasteiger partial charge in [0.25, 0.3) is 5.91 Å². The molecule has 22 heavy (non-hydrogen) atoms. The molecule has 116 valence electrons. The minimum atomic E-state index is -0.285. The minimum absolute atomic E-state index is 0.149. The SMILES string of the molecule is CCOCCCNC(=O)c1cnc(-c2cccnc2)nc1N. The molecule has 7 nitrogen and oxygen atoms in total. The third kappa shape index (κ3) is 4.23. The number of nitrogens with zero attached hydrogens (tertiary/aromatic N) is 3. The highest BCUT2D eigenvalue weighted by Gasteiger charge is 2.12. The van der Waals surface area contributed by atoms with Gasteiger partial charge in [-0.25, -0.2) is 9.97 Å². The van der Waals surface area contributed by atoms with Crippen molar-refractivity contribution in [2.75, 3.05) is 25.5 Å². The number of ether oxygens (including phenoxy) is 1. The molecule has 0 aliphatic rings. The molecule has 0 aromatic carbocycles. The third-order valence-corrected chi connectivity index (χ3v) is 2.94. The molecule has 2 aromatic heterocycles. The van der Waals surface area contributed by atoms with Crippen molar-refractivity contribution < 1.29 is 9.53 Å². The molecule has 0 atom stereocenters. The first-order valence-corrected chi connectivity index (χ1v) is 7.11. The average molecular weight is 301 g/mol. The van der Waals surface area contributed by atoms with E-state index in [1.54, 1.807) is 18.5 Å². The van der Waals surface area contributed by atoms with Crippen LogP contribution in [0.5, 0.6) is 0 Å². The number of carbonyl (C=O) groups is 1. The minimum Gasteiger partial charge on any atom is -0.383 e. The van der Waals surface area contributed by atoms with Crippen LogP contribution in [0.1, 0.15) is 23.7 Å². The van der Waals surface area contributed by atoms with E-state index in [0.717, 1.165) is 12.0 Å². The van der Waals surface area contributed by atoms with Gasteiger partial charge in [-0.2, -0.15) is 0 Å². The zero-order valence-electron chi connectivity index (χ0n) is 12.5. The number of nitrogens with one attached hydrogen (secondary N) is 1. The fourth-order valence-corrected chi connectivity index (χ4v) is 1.82. The van der Waals surface area contributed by atoms with E-state index < -0.39 is 0 Å². The van der Waals surface area contributed by atoms with E-state index >= 15 is 0 Å². The highest BCUT2D eigenvalue weighted by atomic mass is 16.5. The highest BCUT2D eigenvalue weighted by molar-refractivity contribution is 5.98. The van der Waals surface area contributed by atoms with Crippen molar-refractivity contribution in [2.24, 2.45) is 0 Å². The average Bonchev–Trinajstić information content (AvgIpc) is 2.55. The van der Waals surface area contributed by atoms with Gasteiger partial charge in [-0.3, -0.25) is 9.78 Å². The summed E-state index contributed by atoms with van der Waals surface area (Å²) >= 11 is 0. The van der Waals surface area contributed by atoms with Gasteiger partial charge in [-0.15, -0.1) is 0 Å². The number of nitrogens with two attached hydrogens (primary N) is 1. The summed E-state index contributed by atoms with van der Waals surface area (Å²) in [5.41, 5.74) is 6.87. The van der Waals surface area contributed by atoms with E-state index in [9.17, 15) is 4.79 Å². The Hall–Kier alpha value is -2.54. The van der Waals surface area contributed by atoms with Crippen molar-refractivity contribution in [1.29, 1.82) is 0 Å². The summed E-state index contributed by atoms with van der Waals surface area (Å²) in [6.45, 7) is 3.73. The van der Waals surface area contributed by atoms with Crippen LogP contribution in [0, 0.1) is 0 Å². The molecule has 2 rings (SSSR count). The summed E-state index contributed by atoms with van der Waals surface area (Å²) in [6, 6.07) is 3.61. The van der Waals surface area contributed by atoms with Crippen LogP contribution in [0.2, 0.25) is 0 Å². The van der Waals surface area contributed by atoms with Gasteiger partial charge in [0.05, 0.1) is 5.56 Å². The number of carbonyl (C=O) groups excluding carboxylic acids is 1. The van der Waals surface area contributed by atoms with Gasteiger partial charge >= 0.3 is 0 Å². The fourth-order valence-electron chi connectivity index (χ4n) is 1.82. The number of rotatable bonds is 7. The van der Waals surface area contributed by atoms with E-state index in [4.69, 9.17) is 10.5 Å². The second-order valence-corrected chi connectivity index (χ2v) is 4.54. The Morgan fingerprint density at radius 1 is 1.41 bits per heavy atom. The number of hydrogen-bond donors (Lipinski definition) is 2. The third-order valence-electron chi connectivity index (χ3n) is 2.94. The van der Waals surface area contributed by atoms with Crippen molar-refractivity contribution >= 4 is 11.7 Å². The van der Waals surface area contributed by atoms with Crippen LogP contribution in [0.25, 0.3) is 11.4 Å². The molecule has 0 unspecified atom stereocenters. The van der Waals surface area contributed by atoms with Gasteiger partial charge in [0.1, 0.15) is 5.82 Å². The first-order chi connectivity index (χ1) is 10.7. The van der Waals surface area contributed by atoms with E-state index in [-0.39, 0.29) is 17.3 Å². The number of aromatic nitrogens is 3. The number of nitrogen functional groups attached to an aromatic ring is 1. The second-order valence-electron chi connectivity index (χ2n) is 4.54. The standard InChI is InChI=1S/C15H19N5O2/c1-2-22-8-4-7-18-15(21)12-10-19-14(20-13(12)16)11-5-3-6-17-9-11/h3,5-6,9-10H,2,4,7-8H2,1H3,(H,18,21)(H2,16,19,20). The molecule has 0 radical (unpaired) electrons. The Morgan fingerprint density at radius 2 is 2.27 bits per heavy atom. The lowest BCUT2D eigenvalue weighted by Gasteiger charge is -2.08. The maximum atomic E-state index is 12.0. The molecule has 0 fully saturated rings. The van der Waals surface area contributed by atoms with Gasteiger partial charge in [-0.05, 0) is 25.5 Å². The van der Waals surface area contributed by atoms with Crippen molar-refractivity contribution in [3.05, 3.63) is 36.3 Å². The summed E-state index contributed by atoms with van der Waals surface area (Å²) in [4.78, 5) is 24.4. The Kier molecular flexibility index (Phi) is 5.79. The van der Waals surface area contributed by atoms with Crippen LogP contribution in [0.15, 0.2) is 30.7 Å². The Labute approximate surface area is 129 Å². The summed E-state index contributed by atoms with van der Waals surface area (Å²) in [6.07, 6.45) is 5.48. The van der Waals surface area contributed by atoms with E-state index in [1.807, 2.05) is 13.0 Å². The van der Waals surface area contributed by atoms with E-state index in [1.165, 1.54) is 6.20 Å². The van der Waals surface area contributed by atoms with Gasteiger partial charge in [-0.1, -0.05) is 0 Å². The summed E-state index contributed by atoms with van der Waals surface area (Å²) in [5.74, 6) is 0.307. The summed E-state index contributed by atoms with van der Waals surface area (Å²) in [7, 11) is 0. The molecule has 2 heterocycles. The number of hydrogen-bond acceptors (Lipinski definition) is 6. The van der Waals surface area contributed by atoms with Crippen molar-refractivity contribution in [3.8, 4) is 11.4 Å². The lowest BCUT2D eigenvalue weighted by molar-refractivity contribution is 0.0944. The monoisotopic (exact) mass is 301 g/mol. The maximum absolute atomic E-state index is 12.0. The maximum Gasteiger partial charge on any atom is 0.256 e. The Morgan fingerprint density at radius 3 is 2.95 bits per heavy atom. The van der Waals surface area contributed by atoms with Crippen LogP contribution in [0.4, 0.5) is 5.82 Å². The zero-order valence-corrected chi connectivity index (χ0v) is 12.5. The largest absolute Gasteiger partial charge is 0.383 e. The number of pyridine rings is 1. The molecular weight excluding hydrogens is 282 g/mol. The molecule has 0 saturated heterocycles. The first-order valence-electron chi connectivity index (χ1n) is 7.11. The van der Waals surface area contributed by atoms with Gasteiger partial charge in [0, 0.05) is 43.9 Å². The molecule has 2 aromatic rings. The quantitative estimate of drug-likeness (QED) is 0.747. The van der Waals surface area contributed by atoms with Crippen LogP contribution >= 0.6 is 0 Å². The highest BCUT2D eigenvalue weighted by Crippen LogP contribution is 2.16. The van der Waals surface area contributed by atoms with Gasteiger partial charge in [0.15, 0.2) is 5.82 Å². The molecular formula is C15H19N5O2. The Balaban J connectivity index is 1.99. The first kappa shape index (κ1) is 15.8.